The molecule has 2 aromatic rings. The number of nitrogens with zero attached hydrogens (tertiary/aromatic N) is 4. The first-order valence-electron chi connectivity index (χ1n) is 11.9. The Morgan fingerprint density at radius 1 is 1.32 bits per heavy atom. The third kappa shape index (κ3) is 6.75. The first-order valence-corrected chi connectivity index (χ1v) is 14.4. The van der Waals surface area contributed by atoms with Crippen LogP contribution in [0.25, 0.3) is 0 Å². The van der Waals surface area contributed by atoms with Crippen LogP contribution in [-0.4, -0.2) is 93.8 Å². The van der Waals surface area contributed by atoms with Gasteiger partial charge in [0, 0.05) is 38.6 Å². The molecule has 1 fully saturated rings. The van der Waals surface area contributed by atoms with E-state index in [1.54, 1.807) is 17.4 Å². The fourth-order valence-corrected chi connectivity index (χ4v) is 7.55. The van der Waals surface area contributed by atoms with E-state index in [0.717, 1.165) is 18.1 Å². The molecular formula is C22H27ClF3N5O6Si. The Morgan fingerprint density at radius 2 is 2.13 bits per heavy atom. The summed E-state index contributed by atoms with van der Waals surface area (Å²) in [6, 6.07) is 2.60. The number of fused-ring (bicyclic) bond motifs is 3. The smallest absolute Gasteiger partial charge is 0.425 e. The van der Waals surface area contributed by atoms with Gasteiger partial charge in [-0.2, -0.15) is 18.3 Å². The summed E-state index contributed by atoms with van der Waals surface area (Å²) < 4.78 is 63.8. The molecule has 4 rings (SSSR count). The average molecular weight is 578 g/mol. The predicted molar refractivity (Wildman–Crippen MR) is 132 cm³/mol. The van der Waals surface area contributed by atoms with Crippen molar-refractivity contribution in [2.24, 2.45) is 0 Å². The summed E-state index contributed by atoms with van der Waals surface area (Å²) in [5.41, 5.74) is -2.90. The molecule has 0 aliphatic carbocycles. The maximum atomic E-state index is 13.3. The van der Waals surface area contributed by atoms with Gasteiger partial charge in [-0.05, 0) is 6.04 Å². The highest BCUT2D eigenvalue weighted by Gasteiger charge is 2.39. The molecule has 1 unspecified atom stereocenters. The molecular weight excluding hydrogens is 551 g/mol. The van der Waals surface area contributed by atoms with Crippen LogP contribution >= 0.6 is 11.6 Å². The third-order valence-electron chi connectivity index (χ3n) is 6.13. The van der Waals surface area contributed by atoms with Crippen LogP contribution in [0.15, 0.2) is 23.3 Å². The van der Waals surface area contributed by atoms with E-state index in [-0.39, 0.29) is 32.1 Å². The van der Waals surface area contributed by atoms with E-state index in [1.165, 1.54) is 7.11 Å². The van der Waals surface area contributed by atoms with Crippen LogP contribution in [0.2, 0.25) is 11.1 Å². The number of carbonyl (C=O) groups excluding carboxylic acids is 1. The summed E-state index contributed by atoms with van der Waals surface area (Å²) in [7, 11) is -0.219. The lowest BCUT2D eigenvalue weighted by molar-refractivity contribution is -0.141. The van der Waals surface area contributed by atoms with Gasteiger partial charge in [-0.3, -0.25) is 9.59 Å². The van der Waals surface area contributed by atoms with Gasteiger partial charge < -0.3 is 28.4 Å². The summed E-state index contributed by atoms with van der Waals surface area (Å²) in [4.78, 5) is 30.8. The number of hydrogen-bond donors (Lipinski definition) is 1. The minimum Gasteiger partial charge on any atom is -0.490 e. The zero-order valence-corrected chi connectivity index (χ0v) is 22.4. The zero-order valence-electron chi connectivity index (χ0n) is 20.5. The lowest BCUT2D eigenvalue weighted by atomic mass is 10.2. The van der Waals surface area contributed by atoms with Crippen molar-refractivity contribution in [2.75, 3.05) is 57.4 Å². The van der Waals surface area contributed by atoms with Crippen molar-refractivity contribution in [3.05, 3.63) is 39.4 Å². The molecule has 0 bridgehead atoms. The van der Waals surface area contributed by atoms with Gasteiger partial charge in [0.05, 0.1) is 44.1 Å². The Morgan fingerprint density at radius 3 is 2.89 bits per heavy atom. The number of hydrogen-bond acceptors (Lipinski definition) is 9. The van der Waals surface area contributed by atoms with Gasteiger partial charge in [0.25, 0.3) is 5.56 Å². The minimum atomic E-state index is -4.93. The summed E-state index contributed by atoms with van der Waals surface area (Å²) >= 11 is 6.05. The van der Waals surface area contributed by atoms with Gasteiger partial charge in [0.15, 0.2) is 31.8 Å². The van der Waals surface area contributed by atoms with Crippen LogP contribution in [-0.2, 0) is 20.4 Å². The number of alkyl halides is 3. The van der Waals surface area contributed by atoms with Crippen molar-refractivity contribution in [1.82, 2.24) is 20.1 Å². The SMILES string of the molecule is COCC(COCCC(=O)N1CCN2c3ncc(Cl)cc3OCC[Si@H]2C1)Oc1cn[nH]c(=O)c1C(F)(F)F. The number of aromatic amines is 1. The molecule has 0 aromatic carbocycles. The number of ether oxygens (including phenoxy) is 4. The van der Waals surface area contributed by atoms with Gasteiger partial charge in [0.2, 0.25) is 5.91 Å². The van der Waals surface area contributed by atoms with Crippen molar-refractivity contribution in [3.8, 4) is 11.5 Å². The number of anilines is 1. The Labute approximate surface area is 222 Å². The molecule has 2 aromatic heterocycles. The van der Waals surface area contributed by atoms with Crippen LogP contribution in [0.5, 0.6) is 11.5 Å². The molecule has 0 spiro atoms. The van der Waals surface area contributed by atoms with Crippen LogP contribution in [0, 0.1) is 0 Å². The number of halogens is 4. The number of amides is 1. The monoisotopic (exact) mass is 577 g/mol. The molecule has 4 heterocycles. The number of methoxy groups -OCH3 is 1. The summed E-state index contributed by atoms with van der Waals surface area (Å²) in [6.07, 6.45) is -2.78. The molecule has 208 valence electrons. The zero-order chi connectivity index (χ0) is 27.3. The Balaban J connectivity index is 1.28. The number of carbonyl (C=O) groups is 1. The highest BCUT2D eigenvalue weighted by molar-refractivity contribution is 6.64. The van der Waals surface area contributed by atoms with Gasteiger partial charge >= 0.3 is 6.18 Å². The van der Waals surface area contributed by atoms with Crippen LogP contribution in [0.3, 0.4) is 0 Å². The second-order valence-electron chi connectivity index (χ2n) is 8.76. The molecule has 2 atom stereocenters. The molecule has 1 N–H and O–H groups in total. The van der Waals surface area contributed by atoms with Gasteiger partial charge in [-0.25, -0.2) is 10.1 Å². The van der Waals surface area contributed by atoms with E-state index in [4.69, 9.17) is 30.5 Å². The molecule has 1 amide bonds. The maximum Gasteiger partial charge on any atom is 0.425 e. The van der Waals surface area contributed by atoms with Crippen molar-refractivity contribution in [3.63, 3.8) is 0 Å². The number of rotatable bonds is 9. The third-order valence-corrected chi connectivity index (χ3v) is 9.49. The molecule has 0 radical (unpaired) electrons. The van der Waals surface area contributed by atoms with Crippen LogP contribution in [0.4, 0.5) is 19.0 Å². The Hall–Kier alpha value is -2.88. The maximum absolute atomic E-state index is 13.3. The van der Waals surface area contributed by atoms with Crippen molar-refractivity contribution < 1.29 is 36.9 Å². The van der Waals surface area contributed by atoms with Crippen molar-refractivity contribution in [1.29, 1.82) is 0 Å². The first kappa shape index (κ1) is 28.1. The molecule has 2 aliphatic heterocycles. The summed E-state index contributed by atoms with van der Waals surface area (Å²) in [5.74, 6) is 0.629. The van der Waals surface area contributed by atoms with E-state index >= 15 is 0 Å². The second-order valence-corrected chi connectivity index (χ2v) is 12.1. The van der Waals surface area contributed by atoms with E-state index < -0.39 is 38.1 Å². The van der Waals surface area contributed by atoms with Gasteiger partial charge in [-0.1, -0.05) is 11.6 Å². The van der Waals surface area contributed by atoms with Crippen LogP contribution < -0.4 is 19.6 Å². The quantitative estimate of drug-likeness (QED) is 0.350. The summed E-state index contributed by atoms with van der Waals surface area (Å²) in [6.45, 7) is 1.49. The normalized spacial score (nSPS) is 18.2. The lowest BCUT2D eigenvalue weighted by Gasteiger charge is -2.40. The van der Waals surface area contributed by atoms with E-state index in [9.17, 15) is 22.8 Å². The fraction of sp³-hybridized carbons (Fsp3) is 0.545. The topological polar surface area (TPSA) is 119 Å². The van der Waals surface area contributed by atoms with E-state index in [0.29, 0.717) is 36.6 Å². The number of pyridine rings is 1. The summed E-state index contributed by atoms with van der Waals surface area (Å²) in [5, 5.41) is 5.64. The lowest BCUT2D eigenvalue weighted by Crippen LogP contribution is -2.58. The van der Waals surface area contributed by atoms with E-state index in [1.807, 2.05) is 4.90 Å². The highest BCUT2D eigenvalue weighted by atomic mass is 35.5. The fourth-order valence-electron chi connectivity index (χ4n) is 4.40. The molecule has 1 saturated heterocycles. The second kappa shape index (κ2) is 12.3. The first-order chi connectivity index (χ1) is 18.2. The van der Waals surface area contributed by atoms with Crippen molar-refractivity contribution >= 4 is 32.3 Å². The molecule has 11 nitrogen and oxygen atoms in total. The number of nitrogens with one attached hydrogen (secondary N) is 1. The highest BCUT2D eigenvalue weighted by Crippen LogP contribution is 2.34. The molecule has 38 heavy (non-hydrogen) atoms. The van der Waals surface area contributed by atoms with Gasteiger partial charge in [-0.15, -0.1) is 0 Å². The Kier molecular flexibility index (Phi) is 9.12. The Bertz CT molecular complexity index is 1190. The minimum absolute atomic E-state index is 0.0423. The number of aromatic nitrogens is 3. The van der Waals surface area contributed by atoms with Crippen molar-refractivity contribution in [2.45, 2.75) is 24.7 Å². The van der Waals surface area contributed by atoms with E-state index in [2.05, 4.69) is 14.6 Å². The molecule has 16 heteroatoms. The predicted octanol–water partition coefficient (Wildman–Crippen LogP) is 1.64. The number of H-pyrrole nitrogens is 1. The standard InChI is InChI=1S/C22H27ClF3N5O6Si/c1-34-11-15(37-17-10-28-29-21(33)19(17)22(24,25)26)12-35-5-2-18(32)30-3-4-31-20-16(8-14(23)9-27-20)36-6-7-38(31)13-30/h8-10,15,38H,2-7,11-13H2,1H3,(H,29,33)/t15?,38-/m0/s1. The largest absolute Gasteiger partial charge is 0.490 e. The van der Waals surface area contributed by atoms with Gasteiger partial charge in [0.1, 0.15) is 6.10 Å². The molecule has 0 saturated carbocycles. The average Bonchev–Trinajstić information content (AvgIpc) is 3.04. The molecule has 2 aliphatic rings. The van der Waals surface area contributed by atoms with Crippen LogP contribution in [0.1, 0.15) is 12.0 Å².